The summed E-state index contributed by atoms with van der Waals surface area (Å²) in [6, 6.07) is 54.6. The van der Waals surface area contributed by atoms with Gasteiger partial charge in [0.1, 0.15) is 0 Å². The summed E-state index contributed by atoms with van der Waals surface area (Å²) in [6.45, 7) is 21.1. The molecule has 0 amide bonds. The summed E-state index contributed by atoms with van der Waals surface area (Å²) >= 11 is 0. The molecule has 0 heterocycles. The quantitative estimate of drug-likeness (QED) is 0.154. The Morgan fingerprint density at radius 1 is 0.250 bits per heavy atom. The fourth-order valence-corrected chi connectivity index (χ4v) is 10.9. The maximum Gasteiger partial charge on any atom is -0.000719 e. The molecule has 60 heavy (non-hydrogen) atoms. The summed E-state index contributed by atoms with van der Waals surface area (Å²) in [7, 11) is 0. The van der Waals surface area contributed by atoms with Crippen molar-refractivity contribution in [3.8, 4) is 22.3 Å². The van der Waals surface area contributed by atoms with Gasteiger partial charge in [-0.3, -0.25) is 0 Å². The van der Waals surface area contributed by atoms with E-state index in [1.165, 1.54) is 136 Å². The lowest BCUT2D eigenvalue weighted by Gasteiger charge is -2.22. The van der Waals surface area contributed by atoms with E-state index in [-0.39, 0.29) is 16.2 Å². The fraction of sp³-hybridized carbons (Fsp3) is 0.200. The number of benzene rings is 10. The Morgan fingerprint density at radius 2 is 0.683 bits per heavy atom. The molecule has 12 aromatic carbocycles. The van der Waals surface area contributed by atoms with Crippen LogP contribution in [0, 0.1) is 0 Å². The second-order valence-corrected chi connectivity index (χ2v) is 20.9. The van der Waals surface area contributed by atoms with Gasteiger partial charge in [0.25, 0.3) is 0 Å². The van der Waals surface area contributed by atoms with Crippen LogP contribution in [0.5, 0.6) is 0 Å². The summed E-state index contributed by atoms with van der Waals surface area (Å²) < 4.78 is 0. The number of rotatable bonds is 2. The first kappa shape index (κ1) is 35.7. The lowest BCUT2D eigenvalue weighted by molar-refractivity contribution is 0.590. The van der Waals surface area contributed by atoms with Gasteiger partial charge in [-0.25, -0.2) is 0 Å². The van der Waals surface area contributed by atoms with Crippen molar-refractivity contribution >= 4 is 97.0 Å². The first-order valence-corrected chi connectivity index (χ1v) is 21.8. The van der Waals surface area contributed by atoms with Gasteiger partial charge in [-0.05, 0) is 182 Å². The van der Waals surface area contributed by atoms with Gasteiger partial charge in [0, 0.05) is 0 Å². The van der Waals surface area contributed by atoms with E-state index in [0.29, 0.717) is 0 Å². The molecular formula is C60H50. The Labute approximate surface area is 352 Å². The zero-order chi connectivity index (χ0) is 41.2. The smallest absolute Gasteiger partial charge is 0.000719 e. The van der Waals surface area contributed by atoms with Crippen molar-refractivity contribution in [1.82, 2.24) is 0 Å². The van der Waals surface area contributed by atoms with Gasteiger partial charge < -0.3 is 0 Å². The minimum Gasteiger partial charge on any atom is -0.0622 e. The zero-order valence-corrected chi connectivity index (χ0v) is 36.3. The van der Waals surface area contributed by atoms with Crippen LogP contribution in [0.3, 0.4) is 0 Å². The maximum absolute atomic E-state index is 2.59. The third-order valence-corrected chi connectivity index (χ3v) is 14.0. The molecule has 0 saturated heterocycles. The molecule has 0 fully saturated rings. The third kappa shape index (κ3) is 4.85. The average Bonchev–Trinajstić information content (AvgIpc) is 3.71. The highest BCUT2D eigenvalue weighted by Crippen LogP contribution is 2.55. The molecule has 12 aromatic rings. The summed E-state index contributed by atoms with van der Waals surface area (Å²) in [5, 5.41) is 24.3. The first-order chi connectivity index (χ1) is 28.6. The molecule has 0 heteroatoms. The lowest BCUT2D eigenvalue weighted by Crippen LogP contribution is -2.12. The predicted molar refractivity (Wildman–Crippen MR) is 265 cm³/mol. The van der Waals surface area contributed by atoms with Gasteiger partial charge in [-0.2, -0.15) is 0 Å². The van der Waals surface area contributed by atoms with Crippen molar-refractivity contribution in [1.29, 1.82) is 0 Å². The normalized spacial score (nSPS) is 13.4. The van der Waals surface area contributed by atoms with Crippen LogP contribution in [0.4, 0.5) is 0 Å². The Morgan fingerprint density at radius 3 is 1.20 bits per heavy atom. The molecule has 0 aliphatic carbocycles. The van der Waals surface area contributed by atoms with Crippen LogP contribution in [0.1, 0.15) is 79.0 Å². The maximum atomic E-state index is 2.59. The minimum absolute atomic E-state index is 0.00919. The molecule has 0 spiro atoms. The summed E-state index contributed by atoms with van der Waals surface area (Å²) in [4.78, 5) is 0. The first-order valence-electron chi connectivity index (χ1n) is 21.8. The zero-order valence-electron chi connectivity index (χ0n) is 36.3. The highest BCUT2D eigenvalue weighted by atomic mass is 14.3. The van der Waals surface area contributed by atoms with Gasteiger partial charge in [0.05, 0.1) is 0 Å². The van der Waals surface area contributed by atoms with Crippen molar-refractivity contribution in [3.63, 3.8) is 0 Å². The monoisotopic (exact) mass is 770 g/mol. The average molecular weight is 771 g/mol. The molecule has 0 radical (unpaired) electrons. The minimum atomic E-state index is 0.00919. The SMILES string of the molecule is CC(C)(C)c1cc2ccc3ccc4c5c(-c6ccccc6)c6cc7c(cc6c(-c6ccccc6)c5c5cc(c1)c2c3c45)c1cc(C(C)(C)C)cc2cc(C(C)(C)C)cc7c21. The van der Waals surface area contributed by atoms with Crippen LogP contribution in [0.15, 0.2) is 140 Å². The second-order valence-electron chi connectivity index (χ2n) is 20.9. The van der Waals surface area contributed by atoms with Gasteiger partial charge in [0.15, 0.2) is 0 Å². The number of fused-ring (bicyclic) bond motifs is 7. The molecule has 0 N–H and O–H groups in total. The standard InChI is InChI=1S/C60H50/c1-58(2,3)39-24-36-21-20-35-22-23-42-55-49(28-38(27-39)50(36)54(35)55)57-53(34-18-14-11-15-19-34)48-32-44-43(31-47(48)52(56(42)57)33-16-12-10-13-17-33)45-29-40(59(4,5)6)25-37-26-41(60(7,8)9)30-46(44)51(37)45/h10-32H,1-9H3. The van der Waals surface area contributed by atoms with E-state index >= 15 is 0 Å². The molecule has 0 atom stereocenters. The van der Waals surface area contributed by atoms with E-state index in [1.54, 1.807) is 0 Å². The van der Waals surface area contributed by atoms with Gasteiger partial charge in [0.2, 0.25) is 0 Å². The second kappa shape index (κ2) is 11.7. The van der Waals surface area contributed by atoms with E-state index in [9.17, 15) is 0 Å². The molecule has 0 aliphatic heterocycles. The molecular weight excluding hydrogens is 721 g/mol. The molecule has 0 saturated carbocycles. The van der Waals surface area contributed by atoms with Gasteiger partial charge >= 0.3 is 0 Å². The molecule has 0 unspecified atom stereocenters. The third-order valence-electron chi connectivity index (χ3n) is 14.0. The molecule has 0 bridgehead atoms. The van der Waals surface area contributed by atoms with E-state index in [0.717, 1.165) is 0 Å². The largest absolute Gasteiger partial charge is 0.0622 e. The van der Waals surface area contributed by atoms with Crippen LogP contribution < -0.4 is 0 Å². The number of hydrogen-bond acceptors (Lipinski definition) is 0. The molecule has 0 nitrogen and oxygen atoms in total. The van der Waals surface area contributed by atoms with E-state index < -0.39 is 0 Å². The van der Waals surface area contributed by atoms with Crippen molar-refractivity contribution < 1.29 is 0 Å². The van der Waals surface area contributed by atoms with Crippen LogP contribution in [-0.2, 0) is 16.2 Å². The van der Waals surface area contributed by atoms with E-state index in [1.807, 2.05) is 0 Å². The highest BCUT2D eigenvalue weighted by molar-refractivity contribution is 6.46. The van der Waals surface area contributed by atoms with Crippen LogP contribution in [0.2, 0.25) is 0 Å². The molecule has 12 rings (SSSR count). The van der Waals surface area contributed by atoms with Crippen molar-refractivity contribution in [2.24, 2.45) is 0 Å². The van der Waals surface area contributed by atoms with Crippen LogP contribution in [-0.4, -0.2) is 0 Å². The molecule has 0 aliphatic rings. The van der Waals surface area contributed by atoms with Crippen molar-refractivity contribution in [2.45, 2.75) is 78.6 Å². The highest BCUT2D eigenvalue weighted by Gasteiger charge is 2.28. The Balaban J connectivity index is 1.38. The lowest BCUT2D eigenvalue weighted by atomic mass is 9.82. The summed E-state index contributed by atoms with van der Waals surface area (Å²) in [5.74, 6) is 0. The van der Waals surface area contributed by atoms with Gasteiger partial charge in [-0.15, -0.1) is 0 Å². The number of hydrogen-bond donors (Lipinski definition) is 0. The van der Waals surface area contributed by atoms with Crippen molar-refractivity contribution in [3.05, 3.63) is 156 Å². The Bertz CT molecular complexity index is 3710. The van der Waals surface area contributed by atoms with Crippen LogP contribution >= 0.6 is 0 Å². The van der Waals surface area contributed by atoms with E-state index in [2.05, 4.69) is 202 Å². The van der Waals surface area contributed by atoms with Crippen molar-refractivity contribution in [2.75, 3.05) is 0 Å². The topological polar surface area (TPSA) is 0 Å². The molecule has 290 valence electrons. The predicted octanol–water partition coefficient (Wildman–Crippen LogP) is 17.6. The van der Waals surface area contributed by atoms with Crippen LogP contribution in [0.25, 0.3) is 119 Å². The fourth-order valence-electron chi connectivity index (χ4n) is 10.9. The van der Waals surface area contributed by atoms with Gasteiger partial charge in [-0.1, -0.05) is 172 Å². The summed E-state index contributed by atoms with van der Waals surface area (Å²) in [6.07, 6.45) is 0. The Kier molecular flexibility index (Phi) is 6.98. The van der Waals surface area contributed by atoms with E-state index in [4.69, 9.17) is 0 Å². The molecule has 0 aromatic heterocycles. The summed E-state index contributed by atoms with van der Waals surface area (Å²) in [5.41, 5.74) is 9.36. The Hall–Kier alpha value is -6.24.